The monoisotopic (exact) mass is 516 g/mol. The number of H-pyrrole nitrogens is 1. The molecular weight excluding hydrogens is 492 g/mol. The van der Waals surface area contributed by atoms with Crippen LogP contribution in [-0.4, -0.2) is 54.1 Å². The van der Waals surface area contributed by atoms with Crippen molar-refractivity contribution in [1.82, 2.24) is 25.9 Å². The minimum Gasteiger partial charge on any atom is -0.493 e. The highest BCUT2D eigenvalue weighted by molar-refractivity contribution is 6.32. The molecule has 0 saturated carbocycles. The number of rotatable bonds is 6. The quantitative estimate of drug-likeness (QED) is 0.254. The molecule has 2 amide bonds. The van der Waals surface area contributed by atoms with E-state index < -0.39 is 5.54 Å². The highest BCUT2D eigenvalue weighted by Gasteiger charge is 2.36. The number of carbonyl (C=O) groups is 2. The van der Waals surface area contributed by atoms with E-state index in [1.165, 1.54) is 6.08 Å². The lowest BCUT2D eigenvalue weighted by molar-refractivity contribution is -0.118. The fourth-order valence-corrected chi connectivity index (χ4v) is 4.68. The Labute approximate surface area is 219 Å². The van der Waals surface area contributed by atoms with Crippen molar-refractivity contribution in [2.45, 2.75) is 12.0 Å². The van der Waals surface area contributed by atoms with Crippen molar-refractivity contribution in [3.63, 3.8) is 0 Å². The summed E-state index contributed by atoms with van der Waals surface area (Å²) in [6.07, 6.45) is 5.22. The van der Waals surface area contributed by atoms with E-state index in [1.807, 2.05) is 12.1 Å². The first kappa shape index (κ1) is 24.4. The third-order valence-corrected chi connectivity index (χ3v) is 6.62. The summed E-state index contributed by atoms with van der Waals surface area (Å²) in [5.41, 5.74) is 3.93. The van der Waals surface area contributed by atoms with Gasteiger partial charge < -0.3 is 31.0 Å². The van der Waals surface area contributed by atoms with Crippen molar-refractivity contribution < 1.29 is 14.3 Å². The lowest BCUT2D eigenvalue weighted by Gasteiger charge is -2.38. The molecule has 5 rings (SSSR count). The standard InChI is InChI=1S/C27H25ClN6O3/c1-3-21(35)34-27(14-30-15-27)10-7-16-13-29-11-8-17(16)23-24(22-19(32-23)9-12-31-26(22)36)33-20-6-4-5-18(28)25(20)37-2/h3-6,8,11,13,30,32-33H,1,9,12,14-15H2,2H3,(H,31,36)(H,34,35). The van der Waals surface area contributed by atoms with Crippen LogP contribution in [0.5, 0.6) is 5.75 Å². The average Bonchev–Trinajstić information content (AvgIpc) is 3.25. The Kier molecular flexibility index (Phi) is 6.61. The van der Waals surface area contributed by atoms with Crippen LogP contribution in [0.25, 0.3) is 11.3 Å². The number of aromatic nitrogens is 2. The molecule has 1 aromatic carbocycles. The third-order valence-electron chi connectivity index (χ3n) is 6.32. The van der Waals surface area contributed by atoms with E-state index in [0.717, 1.165) is 11.3 Å². The topological polar surface area (TPSA) is 120 Å². The lowest BCUT2D eigenvalue weighted by atomic mass is 9.92. The van der Waals surface area contributed by atoms with E-state index in [2.05, 4.69) is 49.7 Å². The number of hydrogen-bond donors (Lipinski definition) is 5. The molecule has 4 heterocycles. The molecule has 1 fully saturated rings. The Hall–Kier alpha value is -4.26. The van der Waals surface area contributed by atoms with Crippen molar-refractivity contribution in [3.8, 4) is 28.8 Å². The maximum atomic E-state index is 13.0. The zero-order chi connectivity index (χ0) is 26.0. The summed E-state index contributed by atoms with van der Waals surface area (Å²) in [4.78, 5) is 32.6. The molecule has 0 atom stereocenters. The number of amides is 2. The molecule has 37 heavy (non-hydrogen) atoms. The zero-order valence-electron chi connectivity index (χ0n) is 20.1. The van der Waals surface area contributed by atoms with Gasteiger partial charge in [0.05, 0.1) is 40.3 Å². The Morgan fingerprint density at radius 3 is 2.89 bits per heavy atom. The normalized spacial score (nSPS) is 15.2. The number of carbonyl (C=O) groups excluding carboxylic acids is 2. The first-order valence-corrected chi connectivity index (χ1v) is 12.1. The van der Waals surface area contributed by atoms with Crippen molar-refractivity contribution in [3.05, 3.63) is 71.2 Å². The van der Waals surface area contributed by atoms with E-state index in [4.69, 9.17) is 16.3 Å². The summed E-state index contributed by atoms with van der Waals surface area (Å²) in [5.74, 6) is 6.41. The summed E-state index contributed by atoms with van der Waals surface area (Å²) in [5, 5.41) is 12.8. The Balaban J connectivity index is 1.62. The Morgan fingerprint density at radius 1 is 1.32 bits per heavy atom. The predicted molar refractivity (Wildman–Crippen MR) is 142 cm³/mol. The van der Waals surface area contributed by atoms with Gasteiger partial charge in [0.15, 0.2) is 5.75 Å². The Bertz CT molecular complexity index is 1460. The van der Waals surface area contributed by atoms with Crippen LogP contribution in [0.1, 0.15) is 21.6 Å². The number of fused-ring (bicyclic) bond motifs is 1. The number of benzene rings is 1. The van der Waals surface area contributed by atoms with Gasteiger partial charge in [-0.15, -0.1) is 0 Å². The fourth-order valence-electron chi connectivity index (χ4n) is 4.42. The number of nitrogens with one attached hydrogen (secondary N) is 5. The van der Waals surface area contributed by atoms with Gasteiger partial charge in [0.2, 0.25) is 5.91 Å². The number of aromatic amines is 1. The van der Waals surface area contributed by atoms with E-state index in [9.17, 15) is 9.59 Å². The summed E-state index contributed by atoms with van der Waals surface area (Å²) in [6, 6.07) is 7.21. The second-order valence-electron chi connectivity index (χ2n) is 8.73. The Morgan fingerprint density at radius 2 is 2.16 bits per heavy atom. The predicted octanol–water partition coefficient (Wildman–Crippen LogP) is 2.76. The molecule has 2 aromatic heterocycles. The van der Waals surface area contributed by atoms with Gasteiger partial charge in [-0.1, -0.05) is 36.1 Å². The number of ether oxygens (including phenoxy) is 1. The van der Waals surface area contributed by atoms with Gasteiger partial charge in [-0.25, -0.2) is 0 Å². The maximum absolute atomic E-state index is 13.0. The number of methoxy groups -OCH3 is 1. The molecule has 5 N–H and O–H groups in total. The van der Waals surface area contributed by atoms with Crippen LogP contribution in [0.15, 0.2) is 49.3 Å². The van der Waals surface area contributed by atoms with E-state index >= 15 is 0 Å². The third kappa shape index (κ3) is 4.65. The smallest absolute Gasteiger partial charge is 0.255 e. The summed E-state index contributed by atoms with van der Waals surface area (Å²) in [7, 11) is 1.54. The second-order valence-corrected chi connectivity index (χ2v) is 9.14. The highest BCUT2D eigenvalue weighted by atomic mass is 35.5. The molecule has 0 bridgehead atoms. The summed E-state index contributed by atoms with van der Waals surface area (Å²) in [6.45, 7) is 5.10. The minimum atomic E-state index is -0.692. The van der Waals surface area contributed by atoms with E-state index in [1.54, 1.807) is 31.6 Å². The molecular formula is C27H25ClN6O3. The van der Waals surface area contributed by atoms with Crippen LogP contribution in [0, 0.1) is 11.8 Å². The van der Waals surface area contributed by atoms with Crippen LogP contribution in [0.2, 0.25) is 5.02 Å². The van der Waals surface area contributed by atoms with Crippen LogP contribution in [-0.2, 0) is 11.2 Å². The molecule has 0 aliphatic carbocycles. The van der Waals surface area contributed by atoms with Gasteiger partial charge >= 0.3 is 0 Å². The van der Waals surface area contributed by atoms with Crippen molar-refractivity contribution in [2.75, 3.05) is 32.1 Å². The van der Waals surface area contributed by atoms with Crippen LogP contribution in [0.3, 0.4) is 0 Å². The number of anilines is 2. The van der Waals surface area contributed by atoms with Crippen LogP contribution >= 0.6 is 11.6 Å². The molecule has 10 heteroatoms. The van der Waals surface area contributed by atoms with Gasteiger partial charge in [0.25, 0.3) is 5.91 Å². The van der Waals surface area contributed by atoms with Gasteiger partial charge in [-0.2, -0.15) is 0 Å². The number of para-hydroxylation sites is 1. The molecule has 3 aromatic rings. The van der Waals surface area contributed by atoms with Gasteiger partial charge in [-0.3, -0.25) is 14.6 Å². The van der Waals surface area contributed by atoms with Crippen molar-refractivity contribution >= 4 is 34.8 Å². The van der Waals surface area contributed by atoms with Crippen molar-refractivity contribution in [1.29, 1.82) is 0 Å². The number of halogens is 1. The molecule has 2 aliphatic heterocycles. The summed E-state index contributed by atoms with van der Waals surface area (Å²) >= 11 is 6.35. The van der Waals surface area contributed by atoms with E-state index in [-0.39, 0.29) is 11.8 Å². The van der Waals surface area contributed by atoms with Crippen molar-refractivity contribution in [2.24, 2.45) is 0 Å². The lowest BCUT2D eigenvalue weighted by Crippen LogP contribution is -2.68. The number of nitrogens with zero attached hydrogens (tertiary/aromatic N) is 1. The maximum Gasteiger partial charge on any atom is 0.255 e. The minimum absolute atomic E-state index is 0.180. The SMILES string of the molecule is C=CC(=O)NC1(C#Cc2cnccc2-c2[nH]c3c(c2Nc2cccc(Cl)c2OC)C(=O)NCC3)CNC1. The molecule has 0 spiro atoms. The molecule has 1 saturated heterocycles. The number of pyridine rings is 1. The van der Waals surface area contributed by atoms with Gasteiger partial charge in [0, 0.05) is 49.7 Å². The van der Waals surface area contributed by atoms with Crippen LogP contribution < -0.4 is 26.0 Å². The molecule has 9 nitrogen and oxygen atoms in total. The van der Waals surface area contributed by atoms with E-state index in [0.29, 0.717) is 65.0 Å². The molecule has 2 aliphatic rings. The average molecular weight is 517 g/mol. The largest absolute Gasteiger partial charge is 0.493 e. The van der Waals surface area contributed by atoms with Gasteiger partial charge in [-0.05, 0) is 24.3 Å². The molecule has 0 radical (unpaired) electrons. The number of hydrogen-bond acceptors (Lipinski definition) is 6. The first-order valence-electron chi connectivity index (χ1n) is 11.7. The zero-order valence-corrected chi connectivity index (χ0v) is 20.9. The molecule has 0 unspecified atom stereocenters. The second kappa shape index (κ2) is 10.0. The van der Waals surface area contributed by atoms with Gasteiger partial charge in [0.1, 0.15) is 5.54 Å². The fraction of sp³-hybridized carbons (Fsp3) is 0.222. The molecule has 188 valence electrons. The first-order chi connectivity index (χ1) is 17.9. The van der Waals surface area contributed by atoms with Crippen LogP contribution in [0.4, 0.5) is 11.4 Å². The highest BCUT2D eigenvalue weighted by Crippen LogP contribution is 2.41. The summed E-state index contributed by atoms with van der Waals surface area (Å²) < 4.78 is 5.52.